The highest BCUT2D eigenvalue weighted by molar-refractivity contribution is 7.09. The molecule has 2 fully saturated rings. The molecule has 0 radical (unpaired) electrons. The first kappa shape index (κ1) is 20.2. The second-order valence-electron chi connectivity index (χ2n) is 6.76. The molecule has 3 rings (SSSR count). The Labute approximate surface area is 160 Å². The maximum absolute atomic E-state index is 12.5. The fourth-order valence-corrected chi connectivity index (χ4v) is 4.30. The lowest BCUT2D eigenvalue weighted by molar-refractivity contribution is -0.139. The van der Waals surface area contributed by atoms with E-state index in [1.165, 1.54) is 4.88 Å². The van der Waals surface area contributed by atoms with Gasteiger partial charge in [-0.15, -0.1) is 23.7 Å². The third kappa shape index (κ3) is 5.69. The Morgan fingerprint density at radius 3 is 2.68 bits per heavy atom. The van der Waals surface area contributed by atoms with Gasteiger partial charge in [-0.1, -0.05) is 6.07 Å². The fourth-order valence-electron chi connectivity index (χ4n) is 3.59. The van der Waals surface area contributed by atoms with E-state index in [-0.39, 0.29) is 36.1 Å². The highest BCUT2D eigenvalue weighted by Gasteiger charge is 2.31. The summed E-state index contributed by atoms with van der Waals surface area (Å²) >= 11 is 1.73. The second kappa shape index (κ2) is 10.1. The van der Waals surface area contributed by atoms with Gasteiger partial charge in [0.2, 0.25) is 11.8 Å². The van der Waals surface area contributed by atoms with E-state index in [1.54, 1.807) is 11.3 Å². The molecule has 0 spiro atoms. The average molecular weight is 386 g/mol. The van der Waals surface area contributed by atoms with Crippen LogP contribution in [0.25, 0.3) is 0 Å². The Morgan fingerprint density at radius 2 is 2.04 bits per heavy atom. The first-order valence-electron chi connectivity index (χ1n) is 9.03. The van der Waals surface area contributed by atoms with Crippen molar-refractivity contribution in [1.82, 2.24) is 15.5 Å². The molecule has 1 aromatic heterocycles. The average Bonchev–Trinajstić information content (AvgIpc) is 3.15. The molecule has 0 aliphatic carbocycles. The number of nitrogens with zero attached hydrogens (tertiary/aromatic N) is 1. The Morgan fingerprint density at radius 1 is 1.24 bits per heavy atom. The van der Waals surface area contributed by atoms with Crippen LogP contribution in [0.2, 0.25) is 0 Å². The summed E-state index contributed by atoms with van der Waals surface area (Å²) in [5, 5.41) is 8.42. The van der Waals surface area contributed by atoms with Crippen molar-refractivity contribution in [3.05, 3.63) is 22.4 Å². The summed E-state index contributed by atoms with van der Waals surface area (Å²) in [7, 11) is 0. The van der Waals surface area contributed by atoms with Crippen LogP contribution >= 0.6 is 23.7 Å². The third-order valence-corrected chi connectivity index (χ3v) is 6.01. The van der Waals surface area contributed by atoms with Crippen molar-refractivity contribution in [3.8, 4) is 0 Å². The van der Waals surface area contributed by atoms with Gasteiger partial charge in [-0.3, -0.25) is 9.59 Å². The van der Waals surface area contributed by atoms with E-state index in [0.29, 0.717) is 6.54 Å². The fraction of sp³-hybridized carbons (Fsp3) is 0.667. The maximum atomic E-state index is 12.5. The van der Waals surface area contributed by atoms with Crippen LogP contribution < -0.4 is 10.6 Å². The molecule has 2 N–H and O–H groups in total. The summed E-state index contributed by atoms with van der Waals surface area (Å²) < 4.78 is 0. The van der Waals surface area contributed by atoms with Gasteiger partial charge in [0.1, 0.15) is 0 Å². The number of hydrogen-bond acceptors (Lipinski definition) is 4. The van der Waals surface area contributed by atoms with Gasteiger partial charge < -0.3 is 15.5 Å². The zero-order valence-electron chi connectivity index (χ0n) is 14.5. The Bertz CT molecular complexity index is 539. The van der Waals surface area contributed by atoms with Crippen LogP contribution in [-0.4, -0.2) is 49.4 Å². The minimum absolute atomic E-state index is 0. The number of halogens is 1. The smallest absolute Gasteiger partial charge is 0.226 e. The molecule has 5 nitrogen and oxygen atoms in total. The number of thiophene rings is 1. The number of piperidine rings is 2. The van der Waals surface area contributed by atoms with Crippen LogP contribution in [-0.2, 0) is 16.0 Å². The van der Waals surface area contributed by atoms with Crippen molar-refractivity contribution in [2.45, 2.75) is 32.1 Å². The summed E-state index contributed by atoms with van der Waals surface area (Å²) in [6.45, 7) is 3.97. The predicted octanol–water partition coefficient (Wildman–Crippen LogP) is 2.07. The van der Waals surface area contributed by atoms with Crippen LogP contribution in [0.4, 0.5) is 0 Å². The Balaban J connectivity index is 0.00000225. The predicted molar refractivity (Wildman–Crippen MR) is 103 cm³/mol. The van der Waals surface area contributed by atoms with Crippen molar-refractivity contribution in [2.75, 3.05) is 32.7 Å². The number of likely N-dealkylation sites (tertiary alicyclic amines) is 1. The summed E-state index contributed by atoms with van der Waals surface area (Å²) in [6.07, 6.45) is 4.55. The zero-order chi connectivity index (χ0) is 16.8. The first-order valence-corrected chi connectivity index (χ1v) is 9.91. The van der Waals surface area contributed by atoms with Gasteiger partial charge in [0.15, 0.2) is 0 Å². The highest BCUT2D eigenvalue weighted by atomic mass is 35.5. The Kier molecular flexibility index (Phi) is 8.19. The molecule has 0 aromatic carbocycles. The van der Waals surface area contributed by atoms with Crippen molar-refractivity contribution in [2.24, 2.45) is 11.8 Å². The van der Waals surface area contributed by atoms with Gasteiger partial charge in [-0.05, 0) is 50.1 Å². The summed E-state index contributed by atoms with van der Waals surface area (Å²) in [4.78, 5) is 28.1. The second-order valence-corrected chi connectivity index (χ2v) is 7.80. The van der Waals surface area contributed by atoms with E-state index < -0.39 is 0 Å². The third-order valence-electron chi connectivity index (χ3n) is 5.07. The molecule has 2 aliphatic heterocycles. The van der Waals surface area contributed by atoms with E-state index in [0.717, 1.165) is 58.3 Å². The van der Waals surface area contributed by atoms with Crippen LogP contribution in [0.1, 0.15) is 30.6 Å². The number of rotatable bonds is 5. The monoisotopic (exact) mass is 385 g/mol. The molecule has 2 aliphatic rings. The van der Waals surface area contributed by atoms with Gasteiger partial charge in [0.05, 0.1) is 5.92 Å². The largest absolute Gasteiger partial charge is 0.355 e. The van der Waals surface area contributed by atoms with Crippen LogP contribution in [0.5, 0.6) is 0 Å². The molecule has 1 atom stereocenters. The molecular weight excluding hydrogens is 358 g/mol. The lowest BCUT2D eigenvalue weighted by atomic mass is 9.93. The molecule has 0 bridgehead atoms. The maximum Gasteiger partial charge on any atom is 0.226 e. The molecular formula is C18H28ClN3O2S. The molecule has 25 heavy (non-hydrogen) atoms. The molecule has 1 aromatic rings. The molecule has 7 heteroatoms. The van der Waals surface area contributed by atoms with Gasteiger partial charge in [0, 0.05) is 37.0 Å². The molecule has 0 saturated carbocycles. The van der Waals surface area contributed by atoms with Crippen LogP contribution in [0.15, 0.2) is 17.5 Å². The molecule has 3 heterocycles. The first-order chi connectivity index (χ1) is 11.7. The minimum Gasteiger partial charge on any atom is -0.355 e. The minimum atomic E-state index is 0. The highest BCUT2D eigenvalue weighted by Crippen LogP contribution is 2.21. The van der Waals surface area contributed by atoms with Crippen LogP contribution in [0.3, 0.4) is 0 Å². The standard InChI is InChI=1S/C18H27N3O2S.ClH/c22-17(20-9-5-16-4-2-12-24-16)14-6-10-21(11-7-14)18(23)15-3-1-8-19-13-15;/h2,4,12,14-15,19H,1,3,5-11,13H2,(H,20,22);1H. The van der Waals surface area contributed by atoms with Crippen LogP contribution in [0, 0.1) is 11.8 Å². The Hall–Kier alpha value is -1.11. The van der Waals surface area contributed by atoms with E-state index in [4.69, 9.17) is 0 Å². The lowest BCUT2D eigenvalue weighted by Gasteiger charge is -2.34. The van der Waals surface area contributed by atoms with E-state index in [1.807, 2.05) is 11.0 Å². The number of amides is 2. The van der Waals surface area contributed by atoms with Crippen molar-refractivity contribution in [1.29, 1.82) is 0 Å². The molecule has 2 saturated heterocycles. The van der Waals surface area contributed by atoms with E-state index >= 15 is 0 Å². The van der Waals surface area contributed by atoms with Gasteiger partial charge >= 0.3 is 0 Å². The van der Waals surface area contributed by atoms with Gasteiger partial charge in [-0.2, -0.15) is 0 Å². The number of nitrogens with one attached hydrogen (secondary N) is 2. The lowest BCUT2D eigenvalue weighted by Crippen LogP contribution is -2.48. The number of carbonyl (C=O) groups is 2. The molecule has 1 unspecified atom stereocenters. The van der Waals surface area contributed by atoms with Crippen molar-refractivity contribution < 1.29 is 9.59 Å². The number of carbonyl (C=O) groups excluding carboxylic acids is 2. The molecule has 140 valence electrons. The number of hydrogen-bond donors (Lipinski definition) is 2. The van der Waals surface area contributed by atoms with Crippen molar-refractivity contribution >= 4 is 35.6 Å². The SMILES string of the molecule is Cl.O=C(NCCc1cccs1)C1CCN(C(=O)C2CCCNC2)CC1. The summed E-state index contributed by atoms with van der Waals surface area (Å²) in [5.74, 6) is 0.619. The normalized spacial score (nSPS) is 21.4. The molecule has 2 amide bonds. The summed E-state index contributed by atoms with van der Waals surface area (Å²) in [6, 6.07) is 4.14. The topological polar surface area (TPSA) is 61.4 Å². The zero-order valence-corrected chi connectivity index (χ0v) is 16.2. The quantitative estimate of drug-likeness (QED) is 0.815. The van der Waals surface area contributed by atoms with E-state index in [9.17, 15) is 9.59 Å². The van der Waals surface area contributed by atoms with Crippen molar-refractivity contribution in [3.63, 3.8) is 0 Å². The van der Waals surface area contributed by atoms with Gasteiger partial charge in [0.25, 0.3) is 0 Å². The summed E-state index contributed by atoms with van der Waals surface area (Å²) in [5.41, 5.74) is 0. The van der Waals surface area contributed by atoms with Gasteiger partial charge in [-0.25, -0.2) is 0 Å². The van der Waals surface area contributed by atoms with E-state index in [2.05, 4.69) is 22.1 Å².